The van der Waals surface area contributed by atoms with E-state index >= 15 is 0 Å². The molecular formula is C21H23Cl2N3OS. The normalized spacial score (nSPS) is 12.2. The maximum Gasteiger partial charge on any atom is 0.191 e. The topological polar surface area (TPSA) is 39.9 Å². The summed E-state index contributed by atoms with van der Waals surface area (Å²) in [4.78, 5) is 0. The number of aryl methyl sites for hydroxylation is 2. The van der Waals surface area contributed by atoms with Gasteiger partial charge in [-0.25, -0.2) is 0 Å². The lowest BCUT2D eigenvalue weighted by Crippen LogP contribution is -2.12. The fraction of sp³-hybridized carbons (Fsp3) is 0.333. The van der Waals surface area contributed by atoms with Crippen LogP contribution in [0.15, 0.2) is 41.6 Å². The van der Waals surface area contributed by atoms with Crippen molar-refractivity contribution in [2.75, 3.05) is 0 Å². The predicted octanol–water partition coefficient (Wildman–Crippen LogP) is 6.65. The second-order valence-corrected chi connectivity index (χ2v) is 8.34. The summed E-state index contributed by atoms with van der Waals surface area (Å²) in [5, 5.41) is 10.9. The Bertz CT molecular complexity index is 954. The summed E-state index contributed by atoms with van der Waals surface area (Å²) >= 11 is 14.1. The molecule has 0 aliphatic heterocycles. The summed E-state index contributed by atoms with van der Waals surface area (Å²) in [7, 11) is 0. The molecule has 0 aliphatic carbocycles. The maximum atomic E-state index is 6.28. The number of halogens is 2. The second kappa shape index (κ2) is 9.21. The Labute approximate surface area is 180 Å². The zero-order valence-electron chi connectivity index (χ0n) is 16.4. The van der Waals surface area contributed by atoms with Gasteiger partial charge >= 0.3 is 0 Å². The van der Waals surface area contributed by atoms with E-state index in [-0.39, 0.29) is 6.10 Å². The van der Waals surface area contributed by atoms with Gasteiger partial charge in [-0.05, 0) is 68.7 Å². The minimum Gasteiger partial charge on any atom is -0.483 e. The van der Waals surface area contributed by atoms with E-state index in [1.165, 1.54) is 11.1 Å². The van der Waals surface area contributed by atoms with Gasteiger partial charge in [0.25, 0.3) is 0 Å². The molecule has 0 aliphatic rings. The Morgan fingerprint density at radius 1 is 1.07 bits per heavy atom. The van der Waals surface area contributed by atoms with Crippen molar-refractivity contribution < 1.29 is 4.74 Å². The van der Waals surface area contributed by atoms with Crippen molar-refractivity contribution in [3.05, 3.63) is 69.0 Å². The van der Waals surface area contributed by atoms with Crippen LogP contribution in [-0.4, -0.2) is 14.8 Å². The number of rotatable bonds is 7. The number of hydrogen-bond donors (Lipinski definition) is 0. The maximum absolute atomic E-state index is 6.28. The summed E-state index contributed by atoms with van der Waals surface area (Å²) < 4.78 is 8.19. The summed E-state index contributed by atoms with van der Waals surface area (Å²) in [6.45, 7) is 8.98. The molecule has 1 atom stereocenters. The molecule has 3 aromatic rings. The Balaban J connectivity index is 1.76. The highest BCUT2D eigenvalue weighted by Crippen LogP contribution is 2.32. The summed E-state index contributed by atoms with van der Waals surface area (Å²) in [5.74, 6) is 2.26. The van der Waals surface area contributed by atoms with Gasteiger partial charge in [-0.2, -0.15) is 0 Å². The van der Waals surface area contributed by atoms with Crippen LogP contribution in [0.3, 0.4) is 0 Å². The molecule has 0 bridgehead atoms. The van der Waals surface area contributed by atoms with Crippen LogP contribution < -0.4 is 4.74 Å². The first-order chi connectivity index (χ1) is 13.4. The summed E-state index contributed by atoms with van der Waals surface area (Å²) in [6.07, 6.45) is -0.215. The van der Waals surface area contributed by atoms with Crippen molar-refractivity contribution in [1.82, 2.24) is 14.8 Å². The molecule has 4 nitrogen and oxygen atoms in total. The first kappa shape index (κ1) is 21.0. The molecule has 0 radical (unpaired) electrons. The summed E-state index contributed by atoms with van der Waals surface area (Å²) in [6, 6.07) is 11.6. The van der Waals surface area contributed by atoms with E-state index in [1.54, 1.807) is 11.8 Å². The number of ether oxygens (including phenoxy) is 1. The third-order valence-electron chi connectivity index (χ3n) is 4.62. The zero-order valence-corrected chi connectivity index (χ0v) is 18.7. The molecule has 1 unspecified atom stereocenters. The van der Waals surface area contributed by atoms with Crippen LogP contribution in [0.25, 0.3) is 0 Å². The van der Waals surface area contributed by atoms with Crippen molar-refractivity contribution in [2.45, 2.75) is 51.3 Å². The molecule has 0 saturated heterocycles. The first-order valence-corrected chi connectivity index (χ1v) is 10.9. The number of benzene rings is 2. The minimum atomic E-state index is -0.215. The number of aromatic nitrogens is 3. The molecule has 1 heterocycles. The highest BCUT2D eigenvalue weighted by Gasteiger charge is 2.19. The lowest BCUT2D eigenvalue weighted by atomic mass is 10.1. The average Bonchev–Trinajstić information content (AvgIpc) is 3.07. The number of thioether (sulfide) groups is 1. The van der Waals surface area contributed by atoms with E-state index in [9.17, 15) is 0 Å². The van der Waals surface area contributed by atoms with Crippen LogP contribution >= 0.6 is 35.0 Å². The van der Waals surface area contributed by atoms with Crippen molar-refractivity contribution in [3.63, 3.8) is 0 Å². The number of hydrogen-bond acceptors (Lipinski definition) is 4. The van der Waals surface area contributed by atoms with Gasteiger partial charge in [0.05, 0.1) is 0 Å². The highest BCUT2D eigenvalue weighted by atomic mass is 35.5. The lowest BCUT2D eigenvalue weighted by molar-refractivity contribution is 0.209. The Morgan fingerprint density at radius 2 is 1.79 bits per heavy atom. The Hall–Kier alpha value is -1.69. The van der Waals surface area contributed by atoms with Crippen LogP contribution in [0.4, 0.5) is 0 Å². The molecule has 148 valence electrons. The van der Waals surface area contributed by atoms with Gasteiger partial charge in [-0.1, -0.05) is 47.1 Å². The van der Waals surface area contributed by atoms with E-state index in [1.807, 2.05) is 37.3 Å². The van der Waals surface area contributed by atoms with E-state index in [2.05, 4.69) is 41.6 Å². The Kier molecular flexibility index (Phi) is 6.91. The first-order valence-electron chi connectivity index (χ1n) is 9.13. The van der Waals surface area contributed by atoms with Gasteiger partial charge in [0, 0.05) is 22.3 Å². The van der Waals surface area contributed by atoms with Crippen molar-refractivity contribution in [1.29, 1.82) is 0 Å². The molecule has 3 rings (SSSR count). The SMILES string of the molecule is CCn1c(SCc2c(Cl)cccc2Cl)nnc1C(C)Oc1ccc(C)c(C)c1. The van der Waals surface area contributed by atoms with Crippen LogP contribution in [0.2, 0.25) is 10.0 Å². The third kappa shape index (κ3) is 4.65. The molecule has 0 amide bonds. The minimum absolute atomic E-state index is 0.215. The van der Waals surface area contributed by atoms with Crippen LogP contribution in [0.1, 0.15) is 42.5 Å². The summed E-state index contributed by atoms with van der Waals surface area (Å²) in [5.41, 5.74) is 3.35. The lowest BCUT2D eigenvalue weighted by Gasteiger charge is -2.16. The largest absolute Gasteiger partial charge is 0.483 e. The molecule has 7 heteroatoms. The number of nitrogens with zero attached hydrogens (tertiary/aromatic N) is 3. The average molecular weight is 436 g/mol. The highest BCUT2D eigenvalue weighted by molar-refractivity contribution is 7.98. The van der Waals surface area contributed by atoms with Crippen molar-refractivity contribution >= 4 is 35.0 Å². The van der Waals surface area contributed by atoms with E-state index in [0.717, 1.165) is 28.8 Å². The van der Waals surface area contributed by atoms with Gasteiger partial charge in [0.1, 0.15) is 5.75 Å². The predicted molar refractivity (Wildman–Crippen MR) is 117 cm³/mol. The second-order valence-electron chi connectivity index (χ2n) is 6.58. The van der Waals surface area contributed by atoms with Gasteiger partial charge in [0.15, 0.2) is 17.1 Å². The fourth-order valence-corrected chi connectivity index (χ4v) is 4.61. The molecule has 0 fully saturated rings. The Morgan fingerprint density at radius 3 is 2.43 bits per heavy atom. The van der Waals surface area contributed by atoms with Gasteiger partial charge in [-0.15, -0.1) is 10.2 Å². The molecule has 1 aromatic heterocycles. The van der Waals surface area contributed by atoms with Gasteiger partial charge in [0.2, 0.25) is 0 Å². The molecule has 0 saturated carbocycles. The quantitative estimate of drug-likeness (QED) is 0.389. The molecule has 2 aromatic carbocycles. The fourth-order valence-electron chi connectivity index (χ4n) is 2.86. The van der Waals surface area contributed by atoms with E-state index < -0.39 is 0 Å². The molecule has 0 spiro atoms. The van der Waals surface area contributed by atoms with Crippen LogP contribution in [-0.2, 0) is 12.3 Å². The monoisotopic (exact) mass is 435 g/mol. The van der Waals surface area contributed by atoms with Crippen LogP contribution in [0.5, 0.6) is 5.75 Å². The van der Waals surface area contributed by atoms with Crippen molar-refractivity contribution in [2.24, 2.45) is 0 Å². The van der Waals surface area contributed by atoms with Gasteiger partial charge in [-0.3, -0.25) is 0 Å². The smallest absolute Gasteiger partial charge is 0.191 e. The van der Waals surface area contributed by atoms with E-state index in [0.29, 0.717) is 15.8 Å². The molecular weight excluding hydrogens is 413 g/mol. The standard InChI is InChI=1S/C21H23Cl2N3OS/c1-5-26-20(15(4)27-16-10-9-13(2)14(3)11-16)24-25-21(26)28-12-17-18(22)7-6-8-19(17)23/h6-11,15H,5,12H2,1-4H3. The molecule has 0 N–H and O–H groups in total. The zero-order chi connectivity index (χ0) is 20.3. The van der Waals surface area contributed by atoms with Crippen molar-refractivity contribution in [3.8, 4) is 5.75 Å². The van der Waals surface area contributed by atoms with E-state index in [4.69, 9.17) is 27.9 Å². The van der Waals surface area contributed by atoms with Gasteiger partial charge < -0.3 is 9.30 Å². The third-order valence-corrected chi connectivity index (χ3v) is 6.33. The molecule has 28 heavy (non-hydrogen) atoms. The van der Waals surface area contributed by atoms with Crippen LogP contribution in [0, 0.1) is 13.8 Å².